The minimum atomic E-state index is -1.22. The van der Waals surface area contributed by atoms with Gasteiger partial charge in [0.15, 0.2) is 6.04 Å². The van der Waals surface area contributed by atoms with Gasteiger partial charge in [-0.05, 0) is 22.3 Å². The van der Waals surface area contributed by atoms with E-state index in [1.807, 2.05) is 36.4 Å². The van der Waals surface area contributed by atoms with E-state index < -0.39 is 18.1 Å². The van der Waals surface area contributed by atoms with Gasteiger partial charge in [-0.2, -0.15) is 0 Å². The molecular weight excluding hydrogens is 364 g/mol. The van der Waals surface area contributed by atoms with Crippen molar-refractivity contribution < 1.29 is 19.4 Å². The summed E-state index contributed by atoms with van der Waals surface area (Å²) in [6.45, 7) is 0.129. The zero-order valence-corrected chi connectivity index (χ0v) is 15.0. The van der Waals surface area contributed by atoms with Crippen LogP contribution in [0, 0.1) is 0 Å². The number of fused-ring (bicyclic) bond motifs is 3. The number of carbonyl (C=O) groups excluding carboxylic acids is 1. The summed E-state index contributed by atoms with van der Waals surface area (Å²) < 4.78 is 5.38. The molecule has 6 nitrogen and oxygen atoms in total. The summed E-state index contributed by atoms with van der Waals surface area (Å²) in [4.78, 5) is 27.6. The van der Waals surface area contributed by atoms with Crippen LogP contribution in [0.25, 0.3) is 11.1 Å². The Morgan fingerprint density at radius 3 is 2.30 bits per heavy atom. The van der Waals surface area contributed by atoms with Crippen molar-refractivity contribution in [2.45, 2.75) is 12.0 Å². The fraction of sp³-hybridized carbons (Fsp3) is 0.150. The second-order valence-corrected chi connectivity index (χ2v) is 7.04. The molecule has 0 saturated carbocycles. The fourth-order valence-corrected chi connectivity index (χ4v) is 4.04. The van der Waals surface area contributed by atoms with Crippen molar-refractivity contribution in [3.8, 4) is 11.1 Å². The van der Waals surface area contributed by atoms with E-state index in [0.717, 1.165) is 33.6 Å². The molecule has 0 saturated heterocycles. The van der Waals surface area contributed by atoms with Gasteiger partial charge in [0.1, 0.15) is 11.6 Å². The quantitative estimate of drug-likeness (QED) is 0.703. The zero-order valence-electron chi connectivity index (χ0n) is 14.2. The molecule has 1 heterocycles. The molecule has 0 spiro atoms. The van der Waals surface area contributed by atoms with Crippen LogP contribution in [-0.4, -0.2) is 28.8 Å². The van der Waals surface area contributed by atoms with Gasteiger partial charge in [0.25, 0.3) is 0 Å². The minimum absolute atomic E-state index is 0.0775. The predicted octanol–water partition coefficient (Wildman–Crippen LogP) is 3.81. The lowest BCUT2D eigenvalue weighted by molar-refractivity contribution is -0.139. The van der Waals surface area contributed by atoms with Crippen molar-refractivity contribution >= 4 is 23.4 Å². The van der Waals surface area contributed by atoms with Gasteiger partial charge in [-0.25, -0.2) is 14.6 Å². The summed E-state index contributed by atoms with van der Waals surface area (Å²) in [7, 11) is 0. The average molecular weight is 380 g/mol. The third-order valence-electron chi connectivity index (χ3n) is 4.55. The molecule has 1 aromatic heterocycles. The highest BCUT2D eigenvalue weighted by atomic mass is 32.1. The Morgan fingerprint density at radius 2 is 1.74 bits per heavy atom. The first-order valence-electron chi connectivity index (χ1n) is 8.39. The number of hydrogen-bond acceptors (Lipinski definition) is 5. The van der Waals surface area contributed by atoms with Crippen molar-refractivity contribution in [3.63, 3.8) is 0 Å². The first kappa shape index (κ1) is 17.2. The summed E-state index contributed by atoms with van der Waals surface area (Å²) in [6, 6.07) is 14.8. The van der Waals surface area contributed by atoms with Crippen molar-refractivity contribution in [2.75, 3.05) is 6.61 Å². The highest BCUT2D eigenvalue weighted by Crippen LogP contribution is 2.44. The van der Waals surface area contributed by atoms with E-state index in [4.69, 9.17) is 4.74 Å². The fourth-order valence-electron chi connectivity index (χ4n) is 3.36. The van der Waals surface area contributed by atoms with Crippen LogP contribution >= 0.6 is 11.3 Å². The molecule has 27 heavy (non-hydrogen) atoms. The number of thiazole rings is 1. The van der Waals surface area contributed by atoms with E-state index in [9.17, 15) is 14.7 Å². The number of alkyl carbamates (subject to hydrolysis) is 1. The molecule has 1 atom stereocenters. The van der Waals surface area contributed by atoms with Crippen LogP contribution in [0.15, 0.2) is 60.1 Å². The predicted molar refractivity (Wildman–Crippen MR) is 101 cm³/mol. The number of hydrogen-bond donors (Lipinski definition) is 2. The number of rotatable bonds is 5. The van der Waals surface area contributed by atoms with Crippen LogP contribution in [-0.2, 0) is 9.53 Å². The second kappa shape index (κ2) is 7.20. The monoisotopic (exact) mass is 380 g/mol. The van der Waals surface area contributed by atoms with E-state index in [1.54, 1.807) is 5.38 Å². The van der Waals surface area contributed by atoms with Crippen molar-refractivity contribution in [3.05, 3.63) is 76.2 Å². The van der Waals surface area contributed by atoms with Gasteiger partial charge in [-0.1, -0.05) is 48.5 Å². The molecule has 7 heteroatoms. The summed E-state index contributed by atoms with van der Waals surface area (Å²) in [5.74, 6) is -1.26. The van der Waals surface area contributed by atoms with E-state index >= 15 is 0 Å². The van der Waals surface area contributed by atoms with E-state index in [0.29, 0.717) is 5.01 Å². The third-order valence-corrected chi connectivity index (χ3v) is 5.39. The Morgan fingerprint density at radius 1 is 1.11 bits per heavy atom. The van der Waals surface area contributed by atoms with Gasteiger partial charge in [0.05, 0.1) is 0 Å². The lowest BCUT2D eigenvalue weighted by atomic mass is 9.98. The van der Waals surface area contributed by atoms with Crippen LogP contribution < -0.4 is 5.32 Å². The highest BCUT2D eigenvalue weighted by Gasteiger charge is 2.30. The van der Waals surface area contributed by atoms with Gasteiger partial charge in [-0.3, -0.25) is 0 Å². The number of carboxylic acids is 1. The second-order valence-electron chi connectivity index (χ2n) is 6.11. The average Bonchev–Trinajstić information content (AvgIpc) is 3.31. The van der Waals surface area contributed by atoms with Gasteiger partial charge >= 0.3 is 12.1 Å². The van der Waals surface area contributed by atoms with Gasteiger partial charge < -0.3 is 15.2 Å². The highest BCUT2D eigenvalue weighted by molar-refractivity contribution is 7.09. The van der Waals surface area contributed by atoms with Gasteiger partial charge in [-0.15, -0.1) is 11.3 Å². The molecule has 4 rings (SSSR count). The van der Waals surface area contributed by atoms with Crippen molar-refractivity contribution in [2.24, 2.45) is 0 Å². The number of nitrogens with one attached hydrogen (secondary N) is 1. The Bertz CT molecular complexity index is 942. The van der Waals surface area contributed by atoms with Crippen LogP contribution in [0.4, 0.5) is 4.79 Å². The molecule has 0 aliphatic heterocycles. The largest absolute Gasteiger partial charge is 0.479 e. The standard InChI is InChI=1S/C20H16N2O4S/c23-19(24)17(18-21-9-10-27-18)22-20(25)26-11-16-14-7-3-1-5-12(14)13-6-2-4-8-15(13)16/h1-10,16-17H,11H2,(H,22,25)(H,23,24). The molecule has 2 aromatic carbocycles. The lowest BCUT2D eigenvalue weighted by Gasteiger charge is -2.16. The zero-order chi connectivity index (χ0) is 18.8. The third kappa shape index (κ3) is 3.29. The maximum Gasteiger partial charge on any atom is 0.408 e. The van der Waals surface area contributed by atoms with Crippen molar-refractivity contribution in [1.82, 2.24) is 10.3 Å². The number of carboxylic acid groups (broad SMARTS) is 1. The molecule has 2 N–H and O–H groups in total. The summed E-state index contributed by atoms with van der Waals surface area (Å²) in [5, 5.41) is 13.7. The van der Waals surface area contributed by atoms with Crippen LogP contribution in [0.5, 0.6) is 0 Å². The van der Waals surface area contributed by atoms with Gasteiger partial charge in [0, 0.05) is 17.5 Å². The molecule has 1 aliphatic rings. The number of carbonyl (C=O) groups is 2. The molecule has 0 bridgehead atoms. The maximum absolute atomic E-state index is 12.2. The van der Waals surface area contributed by atoms with Crippen LogP contribution in [0.2, 0.25) is 0 Å². The van der Waals surface area contributed by atoms with E-state index in [1.165, 1.54) is 6.20 Å². The molecule has 136 valence electrons. The Hall–Kier alpha value is -3.19. The minimum Gasteiger partial charge on any atom is -0.479 e. The summed E-state index contributed by atoms with van der Waals surface area (Å²) in [5.41, 5.74) is 4.46. The Kier molecular flexibility index (Phi) is 4.60. The van der Waals surface area contributed by atoms with Crippen LogP contribution in [0.1, 0.15) is 28.1 Å². The topological polar surface area (TPSA) is 88.5 Å². The number of aliphatic carboxylic acids is 1. The van der Waals surface area contributed by atoms with E-state index in [-0.39, 0.29) is 12.5 Å². The summed E-state index contributed by atoms with van der Waals surface area (Å²) in [6.07, 6.45) is 0.717. The molecule has 1 unspecified atom stereocenters. The molecule has 1 amide bonds. The Labute approximate surface area is 159 Å². The molecular formula is C20H16N2O4S. The van der Waals surface area contributed by atoms with Gasteiger partial charge in [0.2, 0.25) is 0 Å². The molecule has 0 fully saturated rings. The lowest BCUT2D eigenvalue weighted by Crippen LogP contribution is -2.34. The smallest absolute Gasteiger partial charge is 0.408 e. The molecule has 1 aliphatic carbocycles. The molecule has 0 radical (unpaired) electrons. The summed E-state index contributed by atoms with van der Waals surface area (Å²) >= 11 is 1.16. The van der Waals surface area contributed by atoms with E-state index in [2.05, 4.69) is 22.4 Å². The van der Waals surface area contributed by atoms with Crippen LogP contribution in [0.3, 0.4) is 0 Å². The number of benzene rings is 2. The number of aromatic nitrogens is 1. The van der Waals surface area contributed by atoms with Crippen molar-refractivity contribution in [1.29, 1.82) is 0 Å². The number of ether oxygens (including phenoxy) is 1. The first-order chi connectivity index (χ1) is 13.1. The normalized spacial score (nSPS) is 13.5. The Balaban J connectivity index is 1.49. The SMILES string of the molecule is O=C(NC(C(=O)O)c1nccs1)OCC1c2ccccc2-c2ccccc21. The number of nitrogens with zero attached hydrogens (tertiary/aromatic N) is 1. The molecule has 3 aromatic rings. The first-order valence-corrected chi connectivity index (χ1v) is 9.27. The number of amides is 1. The maximum atomic E-state index is 12.2.